The zero-order chi connectivity index (χ0) is 14.7. The predicted molar refractivity (Wildman–Crippen MR) is 74.6 cm³/mol. The lowest BCUT2D eigenvalue weighted by Crippen LogP contribution is -2.50. The van der Waals surface area contributed by atoms with Gasteiger partial charge in [-0.3, -0.25) is 0 Å². The summed E-state index contributed by atoms with van der Waals surface area (Å²) in [4.78, 5) is 0. The molecular weight excluding hydrogens is 288 g/mol. The van der Waals surface area contributed by atoms with Crippen molar-refractivity contribution in [2.75, 3.05) is 17.9 Å². The number of sulfone groups is 1. The quantitative estimate of drug-likeness (QED) is 0.756. The molecule has 1 rings (SSSR count). The molecule has 0 fully saturated rings. The largest absolute Gasteiger partial charge is 0.328 e. The minimum atomic E-state index is -3.98. The molecule has 6 nitrogen and oxygen atoms in total. The summed E-state index contributed by atoms with van der Waals surface area (Å²) < 4.78 is 48.3. The first-order valence-electron chi connectivity index (χ1n) is 5.53. The van der Waals surface area contributed by atoms with Gasteiger partial charge in [0.15, 0.2) is 14.9 Å². The predicted octanol–water partition coefficient (Wildman–Crippen LogP) is -0.218. The molecule has 0 saturated carbocycles. The lowest BCUT2D eigenvalue weighted by Gasteiger charge is -2.29. The van der Waals surface area contributed by atoms with Gasteiger partial charge in [0.2, 0.25) is 10.0 Å². The van der Waals surface area contributed by atoms with Crippen molar-refractivity contribution in [1.82, 2.24) is 4.72 Å². The summed E-state index contributed by atoms with van der Waals surface area (Å²) in [5.74, 6) is 0. The average molecular weight is 306 g/mol. The van der Waals surface area contributed by atoms with Crippen molar-refractivity contribution < 1.29 is 16.8 Å². The van der Waals surface area contributed by atoms with Crippen molar-refractivity contribution >= 4 is 19.9 Å². The monoisotopic (exact) mass is 306 g/mol. The summed E-state index contributed by atoms with van der Waals surface area (Å²) in [6.07, 6.45) is 0.870. The van der Waals surface area contributed by atoms with Crippen LogP contribution in [0.15, 0.2) is 30.3 Å². The Bertz CT molecular complexity index is 626. The van der Waals surface area contributed by atoms with E-state index >= 15 is 0 Å². The fourth-order valence-electron chi connectivity index (χ4n) is 1.68. The Morgan fingerprint density at radius 1 is 1.16 bits per heavy atom. The van der Waals surface area contributed by atoms with Gasteiger partial charge >= 0.3 is 0 Å². The highest BCUT2D eigenvalue weighted by molar-refractivity contribution is 8.06. The zero-order valence-electron chi connectivity index (χ0n) is 10.8. The van der Waals surface area contributed by atoms with Gasteiger partial charge in [-0.15, -0.1) is 0 Å². The summed E-state index contributed by atoms with van der Waals surface area (Å²) in [5.41, 5.74) is 5.27. The fraction of sp³-hybridized carbons (Fsp3) is 0.455. The molecule has 1 aromatic carbocycles. The van der Waals surface area contributed by atoms with E-state index in [-0.39, 0.29) is 6.54 Å². The third kappa shape index (κ3) is 4.90. The van der Waals surface area contributed by atoms with Crippen LogP contribution in [0.25, 0.3) is 0 Å². The third-order valence-electron chi connectivity index (χ3n) is 2.57. The van der Waals surface area contributed by atoms with Gasteiger partial charge in [0, 0.05) is 12.8 Å². The summed E-state index contributed by atoms with van der Waals surface area (Å²) in [5, 5.41) is -0.956. The Hall–Kier alpha value is -0.960. The molecule has 0 aliphatic carbocycles. The topological polar surface area (TPSA) is 106 Å². The van der Waals surface area contributed by atoms with Crippen LogP contribution in [0.4, 0.5) is 0 Å². The molecule has 1 atom stereocenters. The average Bonchev–Trinajstić information content (AvgIpc) is 2.26. The minimum Gasteiger partial charge on any atom is -0.328 e. The first kappa shape index (κ1) is 16.1. The highest BCUT2D eigenvalue weighted by Gasteiger charge is 2.31. The molecule has 0 aliphatic rings. The van der Waals surface area contributed by atoms with Crippen LogP contribution in [0.5, 0.6) is 0 Å². The van der Waals surface area contributed by atoms with E-state index in [0.717, 1.165) is 6.26 Å². The molecule has 0 heterocycles. The van der Waals surface area contributed by atoms with E-state index in [9.17, 15) is 16.8 Å². The van der Waals surface area contributed by atoms with Crippen molar-refractivity contribution in [3.8, 4) is 0 Å². The Labute approximate surface area is 114 Å². The Balaban J connectivity index is 3.07. The maximum absolute atomic E-state index is 11.8. The van der Waals surface area contributed by atoms with E-state index in [0.29, 0.717) is 5.56 Å². The summed E-state index contributed by atoms with van der Waals surface area (Å²) >= 11 is 0. The molecule has 108 valence electrons. The Kier molecular flexibility index (Phi) is 4.72. The van der Waals surface area contributed by atoms with Gasteiger partial charge in [-0.1, -0.05) is 30.3 Å². The molecular formula is C11H18N2O4S2. The van der Waals surface area contributed by atoms with Crippen LogP contribution in [-0.4, -0.2) is 34.7 Å². The van der Waals surface area contributed by atoms with E-state index in [4.69, 9.17) is 5.73 Å². The number of sulfonamides is 1. The van der Waals surface area contributed by atoms with Gasteiger partial charge in [-0.25, -0.2) is 21.6 Å². The molecule has 0 bridgehead atoms. The lowest BCUT2D eigenvalue weighted by atomic mass is 9.94. The van der Waals surface area contributed by atoms with E-state index < -0.39 is 30.5 Å². The zero-order valence-corrected chi connectivity index (χ0v) is 12.5. The van der Waals surface area contributed by atoms with Crippen LogP contribution in [0.1, 0.15) is 12.5 Å². The second-order valence-electron chi connectivity index (χ2n) is 4.66. The van der Waals surface area contributed by atoms with Crippen molar-refractivity contribution in [2.45, 2.75) is 12.5 Å². The molecule has 8 heteroatoms. The van der Waals surface area contributed by atoms with E-state index in [1.807, 2.05) is 0 Å². The third-order valence-corrected chi connectivity index (χ3v) is 6.28. The van der Waals surface area contributed by atoms with E-state index in [1.165, 1.54) is 0 Å². The number of rotatable bonds is 6. The smallest absolute Gasteiger partial charge is 0.226 e. The molecule has 0 aromatic heterocycles. The van der Waals surface area contributed by atoms with Crippen molar-refractivity contribution in [3.63, 3.8) is 0 Å². The standard InChI is InChI=1S/C11H18N2O4S2/c1-11(8-12,10-6-4-3-5-7-10)13-19(16,17)9-18(2,14)15/h3-7,13H,8-9,12H2,1-2H3. The second-order valence-corrected chi connectivity index (χ2v) is 8.89. The molecule has 1 aromatic rings. The molecule has 0 radical (unpaired) electrons. The van der Waals surface area contributed by atoms with Crippen LogP contribution < -0.4 is 10.5 Å². The summed E-state index contributed by atoms with van der Waals surface area (Å²) in [6.45, 7) is 1.63. The van der Waals surface area contributed by atoms with Crippen LogP contribution in [0.2, 0.25) is 0 Å². The normalized spacial score (nSPS) is 15.9. The van der Waals surface area contributed by atoms with Gasteiger partial charge in [0.25, 0.3) is 0 Å². The first-order valence-corrected chi connectivity index (χ1v) is 9.24. The van der Waals surface area contributed by atoms with Crippen LogP contribution in [0.3, 0.4) is 0 Å². The summed E-state index contributed by atoms with van der Waals surface area (Å²) in [7, 11) is -7.61. The number of hydrogen-bond acceptors (Lipinski definition) is 5. The molecule has 0 saturated heterocycles. The molecule has 0 spiro atoms. The van der Waals surface area contributed by atoms with E-state index in [2.05, 4.69) is 4.72 Å². The van der Waals surface area contributed by atoms with Gasteiger partial charge in [0.05, 0.1) is 5.54 Å². The highest BCUT2D eigenvalue weighted by Crippen LogP contribution is 2.20. The van der Waals surface area contributed by atoms with Gasteiger partial charge in [0.1, 0.15) is 0 Å². The highest BCUT2D eigenvalue weighted by atomic mass is 32.3. The van der Waals surface area contributed by atoms with E-state index in [1.54, 1.807) is 37.3 Å². The SMILES string of the molecule is CC(CN)(NS(=O)(=O)CS(C)(=O)=O)c1ccccc1. The van der Waals surface area contributed by atoms with Crippen LogP contribution in [0, 0.1) is 0 Å². The number of nitrogens with one attached hydrogen (secondary N) is 1. The Morgan fingerprint density at radius 3 is 2.11 bits per heavy atom. The van der Waals surface area contributed by atoms with Crippen LogP contribution in [-0.2, 0) is 25.4 Å². The van der Waals surface area contributed by atoms with Gasteiger partial charge in [-0.2, -0.15) is 0 Å². The molecule has 19 heavy (non-hydrogen) atoms. The second kappa shape index (κ2) is 5.58. The van der Waals surface area contributed by atoms with Crippen molar-refractivity contribution in [2.24, 2.45) is 5.73 Å². The summed E-state index contributed by atoms with van der Waals surface area (Å²) in [6, 6.07) is 8.78. The van der Waals surface area contributed by atoms with Crippen molar-refractivity contribution in [3.05, 3.63) is 35.9 Å². The Morgan fingerprint density at radius 2 is 1.68 bits per heavy atom. The molecule has 1 unspecified atom stereocenters. The number of hydrogen-bond donors (Lipinski definition) is 2. The first-order chi connectivity index (χ1) is 8.58. The lowest BCUT2D eigenvalue weighted by molar-refractivity contribution is 0.443. The molecule has 0 amide bonds. The fourth-order valence-corrected chi connectivity index (χ4v) is 5.06. The number of nitrogens with two attached hydrogens (primary N) is 1. The maximum atomic E-state index is 11.8. The minimum absolute atomic E-state index is 0.0139. The van der Waals surface area contributed by atoms with Gasteiger partial charge < -0.3 is 5.73 Å². The van der Waals surface area contributed by atoms with Crippen LogP contribution >= 0.6 is 0 Å². The molecule has 0 aliphatic heterocycles. The maximum Gasteiger partial charge on any atom is 0.226 e. The van der Waals surface area contributed by atoms with Crippen molar-refractivity contribution in [1.29, 1.82) is 0 Å². The number of benzene rings is 1. The molecule has 3 N–H and O–H groups in total. The van der Waals surface area contributed by atoms with Gasteiger partial charge in [-0.05, 0) is 12.5 Å².